The normalized spacial score (nSPS) is 15.4. The van der Waals surface area contributed by atoms with Crippen molar-refractivity contribution >= 4 is 61.3 Å². The lowest BCUT2D eigenvalue weighted by molar-refractivity contribution is -0.117. The molecule has 1 unspecified atom stereocenters. The van der Waals surface area contributed by atoms with Gasteiger partial charge in [0.25, 0.3) is 5.91 Å². The summed E-state index contributed by atoms with van der Waals surface area (Å²) in [6.07, 6.45) is 1.61. The lowest BCUT2D eigenvalue weighted by atomic mass is 9.95. The number of halogens is 1. The summed E-state index contributed by atoms with van der Waals surface area (Å²) in [6.45, 7) is 7.46. The third-order valence-electron chi connectivity index (χ3n) is 5.97. The summed E-state index contributed by atoms with van der Waals surface area (Å²) >= 11 is 8.62. The van der Waals surface area contributed by atoms with E-state index in [-0.39, 0.29) is 12.2 Å². The molecule has 0 saturated carbocycles. The highest BCUT2D eigenvalue weighted by Gasteiger charge is 2.46. The van der Waals surface area contributed by atoms with Gasteiger partial charge in [-0.2, -0.15) is 0 Å². The highest BCUT2D eigenvalue weighted by molar-refractivity contribution is 7.22. The van der Waals surface area contributed by atoms with Crippen LogP contribution in [0.4, 0.5) is 5.13 Å². The molecule has 11 heteroatoms. The Bertz CT molecular complexity index is 1640. The zero-order valence-electron chi connectivity index (χ0n) is 20.6. The zero-order chi connectivity index (χ0) is 27.1. The molecule has 194 valence electrons. The van der Waals surface area contributed by atoms with Gasteiger partial charge in [0.2, 0.25) is 5.78 Å². The fourth-order valence-corrected chi connectivity index (χ4v) is 6.47. The molecule has 0 fully saturated rings. The van der Waals surface area contributed by atoms with Gasteiger partial charge >= 0.3 is 0 Å². The summed E-state index contributed by atoms with van der Waals surface area (Å²) in [5.74, 6) is -0.962. The number of aromatic nitrogens is 2. The number of methoxy groups -OCH3 is 1. The van der Waals surface area contributed by atoms with E-state index in [0.29, 0.717) is 48.3 Å². The number of aliphatic hydroxyl groups is 1. The molecule has 1 aliphatic rings. The number of hydrogen-bond donors (Lipinski definition) is 1. The first-order valence-electron chi connectivity index (χ1n) is 11.5. The summed E-state index contributed by atoms with van der Waals surface area (Å²) in [5, 5.41) is 12.7. The van der Waals surface area contributed by atoms with Crippen molar-refractivity contribution < 1.29 is 24.2 Å². The lowest BCUT2D eigenvalue weighted by Gasteiger charge is -2.25. The topological polar surface area (TPSA) is 102 Å². The van der Waals surface area contributed by atoms with Gasteiger partial charge in [-0.05, 0) is 49.7 Å². The van der Waals surface area contributed by atoms with Crippen LogP contribution in [0, 0.1) is 13.8 Å². The number of amides is 1. The number of ether oxygens (including phenoxy) is 2. The van der Waals surface area contributed by atoms with Gasteiger partial charge in [-0.1, -0.05) is 41.7 Å². The van der Waals surface area contributed by atoms with E-state index in [1.807, 2.05) is 0 Å². The van der Waals surface area contributed by atoms with Gasteiger partial charge < -0.3 is 14.6 Å². The number of Topliss-reactive ketones (excluding diaryl/α,β-unsaturated/α-hetero) is 1. The minimum Gasteiger partial charge on any atom is -0.503 e. The average molecular weight is 568 g/mol. The third kappa shape index (κ3) is 4.44. The van der Waals surface area contributed by atoms with Crippen molar-refractivity contribution in [3.05, 3.63) is 86.6 Å². The average Bonchev–Trinajstić information content (AvgIpc) is 3.54. The van der Waals surface area contributed by atoms with Gasteiger partial charge in [0.15, 0.2) is 22.4 Å². The van der Waals surface area contributed by atoms with Crippen molar-refractivity contribution in [2.75, 3.05) is 18.6 Å². The quantitative estimate of drug-likeness (QED) is 0.195. The fraction of sp³-hybridized carbons (Fsp3) is 0.185. The van der Waals surface area contributed by atoms with Crippen LogP contribution in [0.3, 0.4) is 0 Å². The number of carbonyl (C=O) groups is 2. The number of fused-ring (bicyclic) bond motifs is 1. The van der Waals surface area contributed by atoms with E-state index in [4.69, 9.17) is 21.1 Å². The molecule has 4 aromatic rings. The summed E-state index contributed by atoms with van der Waals surface area (Å²) < 4.78 is 12.0. The fourth-order valence-electron chi connectivity index (χ4n) is 4.33. The summed E-state index contributed by atoms with van der Waals surface area (Å²) in [4.78, 5) is 38.1. The number of hydrogen-bond acceptors (Lipinski definition) is 9. The van der Waals surface area contributed by atoms with Crippen LogP contribution in [0.25, 0.3) is 10.2 Å². The first-order valence-corrected chi connectivity index (χ1v) is 13.5. The number of carbonyl (C=O) groups excluding carboxylic acids is 2. The van der Waals surface area contributed by atoms with Crippen molar-refractivity contribution in [3.8, 4) is 11.5 Å². The number of thiazole rings is 2. The zero-order valence-corrected chi connectivity index (χ0v) is 23.0. The molecule has 0 bridgehead atoms. The highest BCUT2D eigenvalue weighted by atomic mass is 35.5. The molecule has 0 radical (unpaired) electrons. The van der Waals surface area contributed by atoms with Crippen LogP contribution in [0.15, 0.2) is 60.4 Å². The van der Waals surface area contributed by atoms with Crippen LogP contribution in [-0.2, 0) is 4.79 Å². The van der Waals surface area contributed by atoms with Gasteiger partial charge in [0.05, 0.1) is 44.5 Å². The molecule has 0 spiro atoms. The van der Waals surface area contributed by atoms with Crippen molar-refractivity contribution in [3.63, 3.8) is 0 Å². The van der Waals surface area contributed by atoms with Gasteiger partial charge in [0, 0.05) is 5.02 Å². The second kappa shape index (κ2) is 10.2. The van der Waals surface area contributed by atoms with Crippen LogP contribution < -0.4 is 14.4 Å². The van der Waals surface area contributed by atoms with E-state index in [2.05, 4.69) is 16.5 Å². The Morgan fingerprint density at radius 3 is 2.66 bits per heavy atom. The van der Waals surface area contributed by atoms with Gasteiger partial charge in [0.1, 0.15) is 6.61 Å². The van der Waals surface area contributed by atoms with Crippen molar-refractivity contribution in [1.29, 1.82) is 0 Å². The van der Waals surface area contributed by atoms with Crippen LogP contribution in [0.5, 0.6) is 11.5 Å². The molecule has 1 aliphatic heterocycles. The number of anilines is 1. The predicted molar refractivity (Wildman–Crippen MR) is 149 cm³/mol. The minimum atomic E-state index is -0.977. The van der Waals surface area contributed by atoms with Crippen molar-refractivity contribution in [1.82, 2.24) is 9.97 Å². The predicted octanol–water partition coefficient (Wildman–Crippen LogP) is 6.38. The Morgan fingerprint density at radius 1 is 1.18 bits per heavy atom. The molecule has 0 saturated heterocycles. The van der Waals surface area contributed by atoms with Crippen molar-refractivity contribution in [2.45, 2.75) is 19.9 Å². The molecule has 1 amide bonds. The van der Waals surface area contributed by atoms with Crippen LogP contribution >= 0.6 is 34.3 Å². The summed E-state index contributed by atoms with van der Waals surface area (Å²) in [6, 6.07) is 9.35. The highest BCUT2D eigenvalue weighted by Crippen LogP contribution is 2.46. The van der Waals surface area contributed by atoms with E-state index in [9.17, 15) is 14.7 Å². The molecule has 8 nitrogen and oxygen atoms in total. The number of aliphatic hydroxyl groups excluding tert-OH is 1. The maximum absolute atomic E-state index is 13.8. The Labute approximate surface area is 231 Å². The minimum absolute atomic E-state index is 0.0548. The Morgan fingerprint density at radius 2 is 1.97 bits per heavy atom. The first kappa shape index (κ1) is 25.9. The van der Waals surface area contributed by atoms with E-state index in [1.54, 1.807) is 56.3 Å². The van der Waals surface area contributed by atoms with Gasteiger partial charge in [-0.15, -0.1) is 11.3 Å². The molecule has 2 aromatic heterocycles. The Balaban J connectivity index is 1.69. The molecule has 1 N–H and O–H groups in total. The monoisotopic (exact) mass is 567 g/mol. The Kier molecular flexibility index (Phi) is 6.95. The number of aryl methyl sites for hydroxylation is 2. The number of ketones is 1. The molecule has 1 atom stereocenters. The van der Waals surface area contributed by atoms with Crippen LogP contribution in [0.2, 0.25) is 5.02 Å². The SMILES string of the molecule is C=CCOc1ccc(C2C(C(=O)c3sc(C)nc3C)=C(O)C(=O)N2c2nc3ccc(Cl)cc3s2)cc1OC. The van der Waals surface area contributed by atoms with Crippen LogP contribution in [0.1, 0.15) is 32.0 Å². The van der Waals surface area contributed by atoms with E-state index in [0.717, 1.165) is 4.70 Å². The number of benzene rings is 2. The second-order valence-electron chi connectivity index (χ2n) is 8.43. The van der Waals surface area contributed by atoms with E-state index in [1.165, 1.54) is 34.7 Å². The maximum Gasteiger partial charge on any atom is 0.296 e. The molecule has 2 aromatic carbocycles. The molecular weight excluding hydrogens is 546 g/mol. The molecular formula is C27H22ClN3O5S2. The first-order chi connectivity index (χ1) is 18.2. The molecule has 5 rings (SSSR count). The van der Waals surface area contributed by atoms with Gasteiger partial charge in [-0.3, -0.25) is 14.5 Å². The van der Waals surface area contributed by atoms with Gasteiger partial charge in [-0.25, -0.2) is 9.97 Å². The number of rotatable bonds is 8. The summed E-state index contributed by atoms with van der Waals surface area (Å²) in [7, 11) is 1.50. The molecule has 3 heterocycles. The lowest BCUT2D eigenvalue weighted by Crippen LogP contribution is -2.31. The summed E-state index contributed by atoms with van der Waals surface area (Å²) in [5.41, 5.74) is 1.65. The van der Waals surface area contributed by atoms with E-state index < -0.39 is 23.5 Å². The Hall–Kier alpha value is -3.73. The third-order valence-corrected chi connectivity index (χ3v) is 8.29. The number of nitrogens with zero attached hydrogens (tertiary/aromatic N) is 3. The van der Waals surface area contributed by atoms with E-state index >= 15 is 0 Å². The maximum atomic E-state index is 13.8. The van der Waals surface area contributed by atoms with Crippen molar-refractivity contribution in [2.24, 2.45) is 0 Å². The standard InChI is InChI=1S/C27H22ClN3O5S2/c1-5-10-36-18-9-6-15(11-19(18)35-4)22-21(23(32)25-13(2)29-14(3)37-25)24(33)26(34)31(22)27-30-17-8-7-16(28)12-20(17)38-27/h5-9,11-12,22,33H,1,10H2,2-4H3. The molecule has 0 aliphatic carbocycles. The molecule has 38 heavy (non-hydrogen) atoms. The second-order valence-corrected chi connectivity index (χ2v) is 11.1. The smallest absolute Gasteiger partial charge is 0.296 e. The van der Waals surface area contributed by atoms with Crippen LogP contribution in [-0.4, -0.2) is 40.5 Å². The largest absolute Gasteiger partial charge is 0.503 e.